The van der Waals surface area contributed by atoms with Crippen molar-refractivity contribution in [2.75, 3.05) is 0 Å². The minimum Gasteiger partial charge on any atom is -0.481 e. The van der Waals surface area contributed by atoms with Crippen LogP contribution in [-0.4, -0.2) is 11.1 Å². The Bertz CT molecular complexity index is 144. The van der Waals surface area contributed by atoms with Crippen molar-refractivity contribution >= 4 is 5.97 Å². The lowest BCUT2D eigenvalue weighted by Gasteiger charge is -2.28. The standard InChI is InChI=1S/C9H16O2/c1-6-3-7(2)5-8(4-6)9(10)11/h6-8H,3-5H2,1-2H3,(H,10,11)/t6-,7+,8+. The summed E-state index contributed by atoms with van der Waals surface area (Å²) in [5.74, 6) is 0.511. The second-order valence-electron chi connectivity index (χ2n) is 3.95. The molecule has 64 valence electrons. The average Bonchev–Trinajstić information content (AvgIpc) is 1.85. The molecule has 0 aromatic carbocycles. The van der Waals surface area contributed by atoms with E-state index in [0.29, 0.717) is 11.8 Å². The minimum atomic E-state index is -0.608. The number of carboxylic acids is 1. The molecule has 1 N–H and O–H groups in total. The minimum absolute atomic E-state index is 0.0752. The van der Waals surface area contributed by atoms with Gasteiger partial charge in [0.1, 0.15) is 0 Å². The van der Waals surface area contributed by atoms with Crippen molar-refractivity contribution in [3.05, 3.63) is 0 Å². The van der Waals surface area contributed by atoms with Crippen molar-refractivity contribution in [3.8, 4) is 0 Å². The quantitative estimate of drug-likeness (QED) is 0.631. The molecule has 0 heterocycles. The second-order valence-corrected chi connectivity index (χ2v) is 3.95. The highest BCUT2D eigenvalue weighted by Crippen LogP contribution is 2.32. The molecule has 0 spiro atoms. The molecular weight excluding hydrogens is 140 g/mol. The van der Waals surface area contributed by atoms with E-state index >= 15 is 0 Å². The van der Waals surface area contributed by atoms with Crippen molar-refractivity contribution < 1.29 is 9.90 Å². The Kier molecular flexibility index (Phi) is 2.53. The Morgan fingerprint density at radius 2 is 1.64 bits per heavy atom. The van der Waals surface area contributed by atoms with Crippen molar-refractivity contribution in [2.24, 2.45) is 17.8 Å². The number of carbonyl (C=O) groups is 1. The van der Waals surface area contributed by atoms with Gasteiger partial charge in [-0.2, -0.15) is 0 Å². The van der Waals surface area contributed by atoms with E-state index in [4.69, 9.17) is 5.11 Å². The van der Waals surface area contributed by atoms with E-state index < -0.39 is 5.97 Å². The molecule has 0 saturated heterocycles. The molecule has 0 aliphatic heterocycles. The highest BCUT2D eigenvalue weighted by atomic mass is 16.4. The van der Waals surface area contributed by atoms with Crippen LogP contribution in [0.15, 0.2) is 0 Å². The van der Waals surface area contributed by atoms with E-state index in [1.165, 1.54) is 6.42 Å². The van der Waals surface area contributed by atoms with Crippen LogP contribution in [0.4, 0.5) is 0 Å². The fraction of sp³-hybridized carbons (Fsp3) is 0.889. The molecule has 1 fully saturated rings. The van der Waals surface area contributed by atoms with Crippen molar-refractivity contribution in [3.63, 3.8) is 0 Å². The third kappa shape index (κ3) is 2.21. The predicted molar refractivity (Wildman–Crippen MR) is 43.3 cm³/mol. The normalized spacial score (nSPS) is 38.5. The van der Waals surface area contributed by atoms with Gasteiger partial charge in [0.15, 0.2) is 0 Å². The Morgan fingerprint density at radius 3 is 2.00 bits per heavy atom. The van der Waals surface area contributed by atoms with Crippen LogP contribution in [-0.2, 0) is 4.79 Å². The number of aliphatic carboxylic acids is 1. The molecule has 3 atom stereocenters. The monoisotopic (exact) mass is 156 g/mol. The summed E-state index contributed by atoms with van der Waals surface area (Å²) in [5.41, 5.74) is 0. The van der Waals surface area contributed by atoms with Gasteiger partial charge in [0.25, 0.3) is 0 Å². The molecule has 1 aliphatic rings. The predicted octanol–water partition coefficient (Wildman–Crippen LogP) is 2.14. The van der Waals surface area contributed by atoms with E-state index in [0.717, 1.165) is 12.8 Å². The van der Waals surface area contributed by atoms with Gasteiger partial charge in [-0.05, 0) is 31.1 Å². The molecule has 0 aromatic rings. The van der Waals surface area contributed by atoms with E-state index in [-0.39, 0.29) is 5.92 Å². The van der Waals surface area contributed by atoms with Gasteiger partial charge in [-0.15, -0.1) is 0 Å². The summed E-state index contributed by atoms with van der Waals surface area (Å²) in [5, 5.41) is 8.77. The molecule has 0 unspecified atom stereocenters. The molecule has 0 bridgehead atoms. The number of hydrogen-bond acceptors (Lipinski definition) is 1. The molecule has 2 heteroatoms. The summed E-state index contributed by atoms with van der Waals surface area (Å²) in [7, 11) is 0. The van der Waals surface area contributed by atoms with Gasteiger partial charge >= 0.3 is 5.97 Å². The van der Waals surface area contributed by atoms with Gasteiger partial charge in [0, 0.05) is 0 Å². The second kappa shape index (κ2) is 3.24. The lowest BCUT2D eigenvalue weighted by Crippen LogP contribution is -2.25. The molecule has 11 heavy (non-hydrogen) atoms. The SMILES string of the molecule is C[C@@H]1C[C@H](C)C[C@@H](C(=O)O)C1. The summed E-state index contributed by atoms with van der Waals surface area (Å²) in [6.07, 6.45) is 2.95. The molecule has 1 rings (SSSR count). The molecule has 0 radical (unpaired) electrons. The van der Waals surface area contributed by atoms with E-state index in [2.05, 4.69) is 13.8 Å². The highest BCUT2D eigenvalue weighted by molar-refractivity contribution is 5.70. The number of carboxylic acid groups (broad SMARTS) is 1. The maximum absolute atomic E-state index is 10.6. The van der Waals surface area contributed by atoms with Crippen molar-refractivity contribution in [1.82, 2.24) is 0 Å². The largest absolute Gasteiger partial charge is 0.481 e. The summed E-state index contributed by atoms with van der Waals surface area (Å²) in [6.45, 7) is 4.29. The number of hydrogen-bond donors (Lipinski definition) is 1. The van der Waals surface area contributed by atoms with E-state index in [1.54, 1.807) is 0 Å². The Labute approximate surface area is 67.6 Å². The zero-order chi connectivity index (χ0) is 8.43. The van der Waals surface area contributed by atoms with Gasteiger partial charge < -0.3 is 5.11 Å². The zero-order valence-electron chi connectivity index (χ0n) is 7.21. The van der Waals surface area contributed by atoms with Crippen LogP contribution in [0.5, 0.6) is 0 Å². The van der Waals surface area contributed by atoms with Gasteiger partial charge in [-0.3, -0.25) is 4.79 Å². The number of rotatable bonds is 1. The fourth-order valence-electron chi connectivity index (χ4n) is 2.15. The average molecular weight is 156 g/mol. The first-order valence-corrected chi connectivity index (χ1v) is 4.32. The lowest BCUT2D eigenvalue weighted by molar-refractivity contribution is -0.143. The Morgan fingerprint density at radius 1 is 1.18 bits per heavy atom. The Balaban J connectivity index is 2.49. The summed E-state index contributed by atoms with van der Waals surface area (Å²) >= 11 is 0. The van der Waals surface area contributed by atoms with Crippen LogP contribution < -0.4 is 0 Å². The van der Waals surface area contributed by atoms with Crippen molar-refractivity contribution in [2.45, 2.75) is 33.1 Å². The summed E-state index contributed by atoms with van der Waals surface area (Å²) in [4.78, 5) is 10.6. The molecular formula is C9H16O2. The van der Waals surface area contributed by atoms with Crippen molar-refractivity contribution in [1.29, 1.82) is 0 Å². The Hall–Kier alpha value is -0.530. The lowest BCUT2D eigenvalue weighted by atomic mass is 9.77. The van der Waals surface area contributed by atoms with Gasteiger partial charge in [0.05, 0.1) is 5.92 Å². The molecule has 0 aromatic heterocycles. The third-order valence-corrected chi connectivity index (χ3v) is 2.53. The maximum atomic E-state index is 10.6. The first kappa shape index (κ1) is 8.57. The fourth-order valence-corrected chi connectivity index (χ4v) is 2.15. The van der Waals surface area contributed by atoms with E-state index in [1.807, 2.05) is 0 Å². The highest BCUT2D eigenvalue weighted by Gasteiger charge is 2.28. The van der Waals surface area contributed by atoms with Crippen LogP contribution in [0.25, 0.3) is 0 Å². The third-order valence-electron chi connectivity index (χ3n) is 2.53. The first-order valence-electron chi connectivity index (χ1n) is 4.32. The topological polar surface area (TPSA) is 37.3 Å². The van der Waals surface area contributed by atoms with Gasteiger partial charge in [-0.1, -0.05) is 13.8 Å². The van der Waals surface area contributed by atoms with Crippen LogP contribution in [0, 0.1) is 17.8 Å². The zero-order valence-corrected chi connectivity index (χ0v) is 7.21. The molecule has 1 aliphatic carbocycles. The smallest absolute Gasteiger partial charge is 0.306 e. The summed E-state index contributed by atoms with van der Waals surface area (Å²) < 4.78 is 0. The van der Waals surface area contributed by atoms with Gasteiger partial charge in [-0.25, -0.2) is 0 Å². The van der Waals surface area contributed by atoms with Crippen LogP contribution >= 0.6 is 0 Å². The molecule has 2 nitrogen and oxygen atoms in total. The molecule has 1 saturated carbocycles. The van der Waals surface area contributed by atoms with Crippen LogP contribution in [0.2, 0.25) is 0 Å². The molecule has 0 amide bonds. The van der Waals surface area contributed by atoms with Crippen LogP contribution in [0.1, 0.15) is 33.1 Å². The summed E-state index contributed by atoms with van der Waals surface area (Å²) in [6, 6.07) is 0. The van der Waals surface area contributed by atoms with Gasteiger partial charge in [0.2, 0.25) is 0 Å². The first-order chi connectivity index (χ1) is 5.09. The maximum Gasteiger partial charge on any atom is 0.306 e. The van der Waals surface area contributed by atoms with Crippen LogP contribution in [0.3, 0.4) is 0 Å². The van der Waals surface area contributed by atoms with E-state index in [9.17, 15) is 4.79 Å².